The summed E-state index contributed by atoms with van der Waals surface area (Å²) in [7, 11) is 0. The Kier molecular flexibility index (Phi) is 7.21. The number of H-pyrrole nitrogens is 1. The Morgan fingerprint density at radius 3 is 2.35 bits per heavy atom. The summed E-state index contributed by atoms with van der Waals surface area (Å²) in [6, 6.07) is 14.2. The average molecular weight is 423 g/mol. The Hall–Kier alpha value is -3.02. The number of nitrogens with zero attached hydrogens (tertiary/aromatic N) is 2. The van der Waals surface area contributed by atoms with Crippen LogP contribution in [-0.2, 0) is 4.79 Å². The molecule has 31 heavy (non-hydrogen) atoms. The molecular formula is C25H34N4O2. The molecule has 3 rings (SSSR count). The van der Waals surface area contributed by atoms with Gasteiger partial charge in [-0.15, -0.1) is 0 Å². The number of benzene rings is 2. The molecule has 1 aromatic heterocycles. The minimum atomic E-state index is -0.787. The van der Waals surface area contributed by atoms with Crippen molar-refractivity contribution in [2.75, 3.05) is 23.3 Å². The summed E-state index contributed by atoms with van der Waals surface area (Å²) >= 11 is 0. The normalized spacial score (nSPS) is 12.5. The van der Waals surface area contributed by atoms with Gasteiger partial charge in [0.2, 0.25) is 5.95 Å². The molecular weight excluding hydrogens is 388 g/mol. The first kappa shape index (κ1) is 22.7. The van der Waals surface area contributed by atoms with Crippen molar-refractivity contribution in [1.82, 2.24) is 9.97 Å². The molecule has 1 atom stereocenters. The summed E-state index contributed by atoms with van der Waals surface area (Å²) in [5.41, 5.74) is 4.93. The Morgan fingerprint density at radius 2 is 1.74 bits per heavy atom. The zero-order valence-electron chi connectivity index (χ0n) is 19.1. The highest BCUT2D eigenvalue weighted by Crippen LogP contribution is 2.34. The lowest BCUT2D eigenvalue weighted by molar-refractivity contribution is -0.137. The maximum absolute atomic E-state index is 11.2. The van der Waals surface area contributed by atoms with Crippen LogP contribution in [-0.4, -0.2) is 34.1 Å². The van der Waals surface area contributed by atoms with Gasteiger partial charge in [-0.25, -0.2) is 4.98 Å². The largest absolute Gasteiger partial charge is 0.481 e. The Bertz CT molecular complexity index is 982. The predicted molar refractivity (Wildman–Crippen MR) is 128 cm³/mol. The highest BCUT2D eigenvalue weighted by molar-refractivity contribution is 5.81. The molecule has 0 spiro atoms. The van der Waals surface area contributed by atoms with Gasteiger partial charge < -0.3 is 20.3 Å². The third-order valence-electron chi connectivity index (χ3n) is 5.22. The number of carboxylic acids is 1. The number of carbonyl (C=O) groups is 1. The molecule has 166 valence electrons. The van der Waals surface area contributed by atoms with Crippen molar-refractivity contribution in [3.8, 4) is 0 Å². The molecule has 0 saturated carbocycles. The second-order valence-corrected chi connectivity index (χ2v) is 9.20. The lowest BCUT2D eigenvalue weighted by Crippen LogP contribution is -2.31. The van der Waals surface area contributed by atoms with Crippen molar-refractivity contribution in [2.24, 2.45) is 11.8 Å². The number of aromatic nitrogens is 2. The lowest BCUT2D eigenvalue weighted by Gasteiger charge is -2.31. The highest BCUT2D eigenvalue weighted by Gasteiger charge is 2.18. The van der Waals surface area contributed by atoms with Crippen LogP contribution < -0.4 is 10.2 Å². The minimum Gasteiger partial charge on any atom is -0.481 e. The smallest absolute Gasteiger partial charge is 0.303 e. The molecule has 0 aliphatic rings. The molecule has 3 aromatic rings. The average Bonchev–Trinajstić information content (AvgIpc) is 3.08. The number of imidazole rings is 1. The molecule has 0 saturated heterocycles. The fraction of sp³-hybridized carbons (Fsp3) is 0.440. The first-order valence-corrected chi connectivity index (χ1v) is 11.1. The van der Waals surface area contributed by atoms with E-state index in [1.54, 1.807) is 0 Å². The fourth-order valence-corrected chi connectivity index (χ4v) is 3.91. The van der Waals surface area contributed by atoms with E-state index in [2.05, 4.69) is 66.1 Å². The van der Waals surface area contributed by atoms with Crippen LogP contribution in [0.2, 0.25) is 0 Å². The van der Waals surface area contributed by atoms with Crippen LogP contribution in [0.15, 0.2) is 42.5 Å². The molecule has 1 unspecified atom stereocenters. The number of aliphatic carboxylic acids is 1. The number of aromatic amines is 1. The van der Waals surface area contributed by atoms with Crippen LogP contribution in [0.5, 0.6) is 0 Å². The first-order chi connectivity index (χ1) is 14.7. The van der Waals surface area contributed by atoms with Crippen molar-refractivity contribution in [1.29, 1.82) is 0 Å². The first-order valence-electron chi connectivity index (χ1n) is 11.1. The highest BCUT2D eigenvalue weighted by atomic mass is 16.4. The van der Waals surface area contributed by atoms with Gasteiger partial charge in [-0.2, -0.15) is 0 Å². The van der Waals surface area contributed by atoms with Crippen molar-refractivity contribution in [3.05, 3.63) is 48.0 Å². The Labute approximate surface area is 184 Å². The summed E-state index contributed by atoms with van der Waals surface area (Å²) in [6.45, 7) is 12.7. The van der Waals surface area contributed by atoms with Gasteiger partial charge in [0.25, 0.3) is 0 Å². The van der Waals surface area contributed by atoms with E-state index in [-0.39, 0.29) is 12.3 Å². The van der Waals surface area contributed by atoms with Gasteiger partial charge in [0.15, 0.2) is 0 Å². The van der Waals surface area contributed by atoms with Gasteiger partial charge in [-0.3, -0.25) is 4.79 Å². The van der Waals surface area contributed by atoms with Gasteiger partial charge in [-0.1, -0.05) is 52.8 Å². The second-order valence-electron chi connectivity index (χ2n) is 9.20. The van der Waals surface area contributed by atoms with E-state index >= 15 is 0 Å². The van der Waals surface area contributed by atoms with Crippen LogP contribution in [0.25, 0.3) is 11.0 Å². The Balaban J connectivity index is 2.02. The van der Waals surface area contributed by atoms with E-state index in [4.69, 9.17) is 0 Å². The number of para-hydroxylation sites is 2. The van der Waals surface area contributed by atoms with Gasteiger partial charge in [0.1, 0.15) is 0 Å². The zero-order valence-corrected chi connectivity index (χ0v) is 19.1. The van der Waals surface area contributed by atoms with E-state index < -0.39 is 5.97 Å². The van der Waals surface area contributed by atoms with Gasteiger partial charge in [0, 0.05) is 13.1 Å². The van der Waals surface area contributed by atoms with E-state index in [1.807, 2.05) is 31.2 Å². The number of fused-ring (bicyclic) bond motifs is 1. The number of hydrogen-bond donors (Lipinski definition) is 3. The number of hydrogen-bond acceptors (Lipinski definition) is 4. The van der Waals surface area contributed by atoms with Gasteiger partial charge in [0.05, 0.1) is 28.8 Å². The lowest BCUT2D eigenvalue weighted by atomic mass is 9.96. The van der Waals surface area contributed by atoms with Crippen LogP contribution in [0.1, 0.15) is 52.5 Å². The summed E-state index contributed by atoms with van der Waals surface area (Å²) in [5, 5.41) is 12.7. The maximum Gasteiger partial charge on any atom is 0.303 e. The SMILES string of the molecule is CC(C)CN(CC(C)C)c1ccc(C(C)CC(=O)O)cc1Nc1nc2ccccc2[nH]1. The standard InChI is InChI=1S/C25H34N4O2/c1-16(2)14-29(15-17(3)4)23-11-10-19(18(5)12-24(30)31)13-22(23)28-25-26-20-8-6-7-9-21(20)27-25/h6-11,13,16-18H,12,14-15H2,1-5H3,(H,30,31)(H2,26,27,28). The number of anilines is 3. The minimum absolute atomic E-state index is 0.0774. The molecule has 0 amide bonds. The quantitative estimate of drug-likeness (QED) is 0.373. The molecule has 0 aliphatic carbocycles. The third-order valence-corrected chi connectivity index (χ3v) is 5.22. The van der Waals surface area contributed by atoms with Crippen LogP contribution in [0, 0.1) is 11.8 Å². The molecule has 6 heteroatoms. The molecule has 6 nitrogen and oxygen atoms in total. The van der Waals surface area contributed by atoms with Crippen molar-refractivity contribution < 1.29 is 9.90 Å². The zero-order chi connectivity index (χ0) is 22.5. The predicted octanol–water partition coefficient (Wildman–Crippen LogP) is 6.00. The van der Waals surface area contributed by atoms with Crippen molar-refractivity contribution in [3.63, 3.8) is 0 Å². The molecule has 0 fully saturated rings. The summed E-state index contributed by atoms with van der Waals surface area (Å²) in [6.07, 6.45) is 0.102. The molecule has 0 radical (unpaired) electrons. The maximum atomic E-state index is 11.2. The molecule has 0 bridgehead atoms. The molecule has 2 aromatic carbocycles. The van der Waals surface area contributed by atoms with E-state index in [0.717, 1.165) is 41.1 Å². The van der Waals surface area contributed by atoms with Gasteiger partial charge >= 0.3 is 5.97 Å². The van der Waals surface area contributed by atoms with E-state index in [1.165, 1.54) is 0 Å². The van der Waals surface area contributed by atoms with Crippen LogP contribution >= 0.6 is 0 Å². The monoisotopic (exact) mass is 422 g/mol. The number of nitrogens with one attached hydrogen (secondary N) is 2. The van der Waals surface area contributed by atoms with E-state index in [9.17, 15) is 9.90 Å². The third kappa shape index (κ3) is 6.00. The van der Waals surface area contributed by atoms with Gasteiger partial charge in [-0.05, 0) is 47.6 Å². The second kappa shape index (κ2) is 9.86. The van der Waals surface area contributed by atoms with E-state index in [0.29, 0.717) is 17.8 Å². The van der Waals surface area contributed by atoms with Crippen LogP contribution in [0.4, 0.5) is 17.3 Å². The molecule has 0 aliphatic heterocycles. The summed E-state index contributed by atoms with van der Waals surface area (Å²) < 4.78 is 0. The van der Waals surface area contributed by atoms with Crippen molar-refractivity contribution >= 4 is 34.3 Å². The fourth-order valence-electron chi connectivity index (χ4n) is 3.91. The molecule has 1 heterocycles. The molecule has 3 N–H and O–H groups in total. The topological polar surface area (TPSA) is 81.2 Å². The van der Waals surface area contributed by atoms with Crippen LogP contribution in [0.3, 0.4) is 0 Å². The summed E-state index contributed by atoms with van der Waals surface area (Å²) in [5.74, 6) is 0.849. The summed E-state index contributed by atoms with van der Waals surface area (Å²) in [4.78, 5) is 21.7. The number of rotatable bonds is 10. The number of carboxylic acid groups (broad SMARTS) is 1. The van der Waals surface area contributed by atoms with Crippen molar-refractivity contribution in [2.45, 2.75) is 47.0 Å². The Morgan fingerprint density at radius 1 is 1.06 bits per heavy atom.